The van der Waals surface area contributed by atoms with E-state index < -0.39 is 10.0 Å². The molecule has 3 N–H and O–H groups in total. The Kier molecular flexibility index (Phi) is 6.66. The highest BCUT2D eigenvalue weighted by atomic mass is 32.2. The molecule has 1 aliphatic heterocycles. The summed E-state index contributed by atoms with van der Waals surface area (Å²) in [6.45, 7) is 6.79. The first kappa shape index (κ1) is 20.3. The van der Waals surface area contributed by atoms with Crippen molar-refractivity contribution >= 4 is 21.6 Å². The third kappa shape index (κ3) is 5.54. The topological polar surface area (TPSA) is 88.9 Å². The van der Waals surface area contributed by atoms with E-state index in [-0.39, 0.29) is 10.8 Å². The van der Waals surface area contributed by atoms with Gasteiger partial charge in [0, 0.05) is 11.3 Å². The summed E-state index contributed by atoms with van der Waals surface area (Å²) in [4.78, 5) is 13.8. The van der Waals surface area contributed by atoms with Crippen molar-refractivity contribution in [2.45, 2.75) is 11.8 Å². The number of carbonyl (C=O) groups excluding carboxylic acids is 1. The molecule has 28 heavy (non-hydrogen) atoms. The molecule has 0 aliphatic carbocycles. The van der Waals surface area contributed by atoms with Crippen LogP contribution in [0.1, 0.15) is 15.9 Å². The zero-order valence-electron chi connectivity index (χ0n) is 15.9. The predicted octanol–water partition coefficient (Wildman–Crippen LogP) is 0.441. The second-order valence-corrected chi connectivity index (χ2v) is 8.55. The lowest BCUT2D eigenvalue weighted by Gasteiger charge is -2.23. The Bertz CT molecular complexity index is 890. The van der Waals surface area contributed by atoms with Gasteiger partial charge in [0.25, 0.3) is 15.9 Å². The van der Waals surface area contributed by atoms with Gasteiger partial charge in [0.2, 0.25) is 0 Å². The molecule has 0 bridgehead atoms. The van der Waals surface area contributed by atoms with Crippen molar-refractivity contribution in [3.8, 4) is 0 Å². The van der Waals surface area contributed by atoms with Crippen LogP contribution in [0.2, 0.25) is 0 Å². The number of benzene rings is 2. The molecule has 0 aromatic heterocycles. The summed E-state index contributed by atoms with van der Waals surface area (Å²) in [6, 6.07) is 13.0. The zero-order chi connectivity index (χ0) is 20.0. The maximum absolute atomic E-state index is 12.5. The molecule has 0 saturated carbocycles. The molecule has 1 aliphatic rings. The summed E-state index contributed by atoms with van der Waals surface area (Å²) in [5.74, 6) is -0.205. The first-order valence-corrected chi connectivity index (χ1v) is 10.8. The average Bonchev–Trinajstić information content (AvgIpc) is 2.70. The second-order valence-electron chi connectivity index (χ2n) is 6.86. The van der Waals surface area contributed by atoms with Gasteiger partial charge < -0.3 is 15.0 Å². The molecule has 2 aromatic rings. The van der Waals surface area contributed by atoms with Crippen molar-refractivity contribution in [1.82, 2.24) is 5.32 Å². The van der Waals surface area contributed by atoms with Crippen LogP contribution >= 0.6 is 0 Å². The Morgan fingerprint density at radius 2 is 1.68 bits per heavy atom. The number of sulfonamides is 1. The van der Waals surface area contributed by atoms with E-state index in [0.717, 1.165) is 38.4 Å². The third-order valence-corrected chi connectivity index (χ3v) is 6.09. The van der Waals surface area contributed by atoms with Crippen molar-refractivity contribution in [1.29, 1.82) is 0 Å². The van der Waals surface area contributed by atoms with E-state index in [4.69, 9.17) is 4.74 Å². The van der Waals surface area contributed by atoms with Crippen LogP contribution in [-0.4, -0.2) is 53.7 Å². The van der Waals surface area contributed by atoms with Gasteiger partial charge in [0.15, 0.2) is 0 Å². The van der Waals surface area contributed by atoms with E-state index in [1.165, 1.54) is 29.2 Å². The van der Waals surface area contributed by atoms with Gasteiger partial charge in [-0.15, -0.1) is 0 Å². The minimum atomic E-state index is -3.70. The van der Waals surface area contributed by atoms with Crippen molar-refractivity contribution in [2.75, 3.05) is 44.1 Å². The molecule has 0 spiro atoms. The highest BCUT2D eigenvalue weighted by molar-refractivity contribution is 7.92. The Balaban J connectivity index is 1.55. The molecular weight excluding hydrogens is 378 g/mol. The lowest BCUT2D eigenvalue weighted by atomic mass is 10.2. The summed E-state index contributed by atoms with van der Waals surface area (Å²) >= 11 is 0. The molecule has 150 valence electrons. The summed E-state index contributed by atoms with van der Waals surface area (Å²) in [7, 11) is -3.70. The van der Waals surface area contributed by atoms with Crippen LogP contribution in [-0.2, 0) is 14.8 Å². The molecule has 1 amide bonds. The van der Waals surface area contributed by atoms with E-state index in [1.54, 1.807) is 12.1 Å². The molecule has 7 nitrogen and oxygen atoms in total. The molecule has 0 atom stereocenters. The van der Waals surface area contributed by atoms with Crippen molar-refractivity contribution in [2.24, 2.45) is 0 Å². The third-order valence-electron chi connectivity index (χ3n) is 4.69. The van der Waals surface area contributed by atoms with Crippen LogP contribution in [0.15, 0.2) is 53.4 Å². The minimum absolute atomic E-state index is 0.113. The fourth-order valence-corrected chi connectivity index (χ4v) is 4.04. The van der Waals surface area contributed by atoms with Crippen LogP contribution in [0.5, 0.6) is 0 Å². The highest BCUT2D eigenvalue weighted by Crippen LogP contribution is 2.17. The summed E-state index contributed by atoms with van der Waals surface area (Å²) in [5.41, 5.74) is 1.98. The number of nitrogens with one attached hydrogen (secondary N) is 3. The number of carbonyl (C=O) groups is 1. The number of hydrogen-bond acceptors (Lipinski definition) is 4. The molecule has 1 heterocycles. The first-order valence-electron chi connectivity index (χ1n) is 9.33. The van der Waals surface area contributed by atoms with E-state index >= 15 is 0 Å². The maximum atomic E-state index is 12.5. The van der Waals surface area contributed by atoms with E-state index in [2.05, 4.69) is 10.0 Å². The number of aryl methyl sites for hydroxylation is 1. The number of amides is 1. The number of ether oxygens (including phenoxy) is 1. The molecule has 1 saturated heterocycles. The zero-order valence-corrected chi connectivity index (χ0v) is 16.7. The fourth-order valence-electron chi connectivity index (χ4n) is 2.99. The van der Waals surface area contributed by atoms with Gasteiger partial charge in [0.1, 0.15) is 13.1 Å². The summed E-state index contributed by atoms with van der Waals surface area (Å²) in [5, 5.41) is 2.88. The molecule has 2 aromatic carbocycles. The summed E-state index contributed by atoms with van der Waals surface area (Å²) < 4.78 is 32.8. The Morgan fingerprint density at radius 3 is 2.32 bits per heavy atom. The first-order chi connectivity index (χ1) is 13.4. The number of quaternary nitrogens is 1. The van der Waals surface area contributed by atoms with Gasteiger partial charge in [-0.1, -0.05) is 17.7 Å². The Hall–Kier alpha value is -2.42. The normalized spacial score (nSPS) is 15.2. The van der Waals surface area contributed by atoms with Gasteiger partial charge in [-0.05, 0) is 43.3 Å². The van der Waals surface area contributed by atoms with Crippen molar-refractivity contribution in [3.05, 3.63) is 59.7 Å². The van der Waals surface area contributed by atoms with Crippen LogP contribution < -0.4 is 14.9 Å². The monoisotopic (exact) mass is 404 g/mol. The van der Waals surface area contributed by atoms with Crippen molar-refractivity contribution in [3.63, 3.8) is 0 Å². The number of morpholine rings is 1. The van der Waals surface area contributed by atoms with E-state index in [1.807, 2.05) is 19.1 Å². The predicted molar refractivity (Wildman–Crippen MR) is 107 cm³/mol. The highest BCUT2D eigenvalue weighted by Gasteiger charge is 2.16. The lowest BCUT2D eigenvalue weighted by Crippen LogP contribution is -3.14. The SMILES string of the molecule is Cc1ccc(NS(=O)(=O)c2ccc(C(=O)NCC[NH+]3CCOCC3)cc2)cc1. The molecule has 0 radical (unpaired) electrons. The van der Waals surface area contributed by atoms with E-state index in [0.29, 0.717) is 17.8 Å². The standard InChI is InChI=1S/C20H25N3O4S/c1-16-2-6-18(7-3-16)22-28(25,26)19-8-4-17(5-9-19)20(24)21-10-11-23-12-14-27-15-13-23/h2-9,22H,10-15H2,1H3,(H,21,24)/p+1. The number of anilines is 1. The molecule has 1 fully saturated rings. The smallest absolute Gasteiger partial charge is 0.261 e. The van der Waals surface area contributed by atoms with Gasteiger partial charge in [0.05, 0.1) is 31.2 Å². The Labute approximate surface area is 165 Å². The second kappa shape index (κ2) is 9.18. The quantitative estimate of drug-likeness (QED) is 0.625. The lowest BCUT2D eigenvalue weighted by molar-refractivity contribution is -0.906. The molecule has 8 heteroatoms. The van der Waals surface area contributed by atoms with E-state index in [9.17, 15) is 13.2 Å². The van der Waals surface area contributed by atoms with Gasteiger partial charge >= 0.3 is 0 Å². The summed E-state index contributed by atoms with van der Waals surface area (Å²) in [6.07, 6.45) is 0. The maximum Gasteiger partial charge on any atom is 0.261 e. The fraction of sp³-hybridized carbons (Fsp3) is 0.350. The van der Waals surface area contributed by atoms with Crippen LogP contribution in [0.4, 0.5) is 5.69 Å². The van der Waals surface area contributed by atoms with Crippen LogP contribution in [0, 0.1) is 6.92 Å². The van der Waals surface area contributed by atoms with Gasteiger partial charge in [-0.3, -0.25) is 9.52 Å². The number of hydrogen-bond donors (Lipinski definition) is 3. The van der Waals surface area contributed by atoms with Gasteiger partial charge in [-0.25, -0.2) is 8.42 Å². The van der Waals surface area contributed by atoms with Crippen LogP contribution in [0.25, 0.3) is 0 Å². The molecular formula is C20H26N3O4S+. The number of rotatable bonds is 7. The van der Waals surface area contributed by atoms with Gasteiger partial charge in [-0.2, -0.15) is 0 Å². The molecule has 3 rings (SSSR count). The average molecular weight is 405 g/mol. The van der Waals surface area contributed by atoms with Crippen LogP contribution in [0.3, 0.4) is 0 Å². The molecule has 0 unspecified atom stereocenters. The minimum Gasteiger partial charge on any atom is -0.370 e. The Morgan fingerprint density at radius 1 is 1.04 bits per heavy atom. The van der Waals surface area contributed by atoms with Crippen molar-refractivity contribution < 1.29 is 22.8 Å². The largest absolute Gasteiger partial charge is 0.370 e.